The van der Waals surface area contributed by atoms with Crippen LogP contribution in [0.3, 0.4) is 0 Å². The maximum atomic E-state index is 13.9. The van der Waals surface area contributed by atoms with Crippen LogP contribution in [-0.2, 0) is 12.8 Å². The van der Waals surface area contributed by atoms with Gasteiger partial charge in [-0.15, -0.1) is 10.2 Å². The van der Waals surface area contributed by atoms with E-state index in [2.05, 4.69) is 52.4 Å². The van der Waals surface area contributed by atoms with Gasteiger partial charge in [-0.2, -0.15) is 0 Å². The molecule has 1 N–H and O–H groups in total. The molecular weight excluding hydrogens is 438 g/mol. The lowest BCUT2D eigenvalue weighted by atomic mass is 9.87. The van der Waals surface area contributed by atoms with E-state index in [1.807, 2.05) is 41.3 Å². The summed E-state index contributed by atoms with van der Waals surface area (Å²) in [4.78, 5) is 31.4. The number of rotatable bonds is 4. The Morgan fingerprint density at radius 1 is 1.03 bits per heavy atom. The standard InChI is InChI=1S/C28H25N5O2/c1-2-8-24-30-31-26-27(34)29-22-17-20(13-14-23(22)33(24)26)28(35)32-16-15-18-9-6-7-12-21(18)25(32)19-10-4-3-5-11-19/h3-7,9-14,17,25H,2,8,15-16H2,1H3,(H,29,34). The molecular formula is C28H25N5O2. The predicted octanol–water partition coefficient (Wildman–Crippen LogP) is 4.31. The third kappa shape index (κ3) is 3.51. The first-order valence-electron chi connectivity index (χ1n) is 12.0. The first-order valence-corrected chi connectivity index (χ1v) is 12.0. The molecule has 0 aliphatic carbocycles. The number of nitrogens with zero attached hydrogens (tertiary/aromatic N) is 4. The average molecular weight is 464 g/mol. The number of carbonyl (C=O) groups is 1. The maximum absolute atomic E-state index is 13.9. The number of aromatic nitrogens is 4. The van der Waals surface area contributed by atoms with Crippen LogP contribution in [0, 0.1) is 0 Å². The second kappa shape index (κ2) is 8.51. The van der Waals surface area contributed by atoms with Crippen molar-refractivity contribution < 1.29 is 4.79 Å². The second-order valence-electron chi connectivity index (χ2n) is 8.97. The highest BCUT2D eigenvalue weighted by atomic mass is 16.2. The predicted molar refractivity (Wildman–Crippen MR) is 135 cm³/mol. The average Bonchev–Trinajstić information content (AvgIpc) is 3.33. The molecule has 1 aliphatic heterocycles. The van der Waals surface area contributed by atoms with Crippen molar-refractivity contribution in [2.45, 2.75) is 32.2 Å². The molecule has 0 fully saturated rings. The monoisotopic (exact) mass is 463 g/mol. The SMILES string of the molecule is CCCc1nnc2c(=O)[nH]c3cc(C(=O)N4CCc5ccccc5C4c4ccccc4)ccc3n12. The smallest absolute Gasteiger partial charge is 0.294 e. The summed E-state index contributed by atoms with van der Waals surface area (Å²) in [5.41, 5.74) is 5.39. The summed E-state index contributed by atoms with van der Waals surface area (Å²) < 4.78 is 1.80. The van der Waals surface area contributed by atoms with Gasteiger partial charge in [0.25, 0.3) is 11.5 Å². The number of hydrogen-bond acceptors (Lipinski definition) is 4. The van der Waals surface area contributed by atoms with Crippen LogP contribution >= 0.6 is 0 Å². The van der Waals surface area contributed by atoms with Crippen molar-refractivity contribution in [2.75, 3.05) is 6.54 Å². The van der Waals surface area contributed by atoms with Crippen molar-refractivity contribution in [3.05, 3.63) is 111 Å². The molecule has 0 bridgehead atoms. The number of carbonyl (C=O) groups excluding carboxylic acids is 1. The third-order valence-corrected chi connectivity index (χ3v) is 6.80. The van der Waals surface area contributed by atoms with Crippen molar-refractivity contribution in [3.63, 3.8) is 0 Å². The Labute approximate surface area is 202 Å². The quantitative estimate of drug-likeness (QED) is 0.431. The first-order chi connectivity index (χ1) is 17.2. The highest BCUT2D eigenvalue weighted by molar-refractivity contribution is 5.98. The maximum Gasteiger partial charge on any atom is 0.294 e. The van der Waals surface area contributed by atoms with Crippen molar-refractivity contribution in [3.8, 4) is 0 Å². The molecule has 174 valence electrons. The van der Waals surface area contributed by atoms with Crippen LogP contribution in [0.2, 0.25) is 0 Å². The first kappa shape index (κ1) is 21.3. The van der Waals surface area contributed by atoms with Gasteiger partial charge in [-0.3, -0.25) is 14.0 Å². The fraction of sp³-hybridized carbons (Fsp3) is 0.214. The number of aryl methyl sites for hydroxylation is 1. The topological polar surface area (TPSA) is 83.4 Å². The van der Waals surface area contributed by atoms with Crippen molar-refractivity contribution in [1.29, 1.82) is 0 Å². The molecule has 0 saturated carbocycles. The van der Waals surface area contributed by atoms with Crippen LogP contribution in [0.4, 0.5) is 0 Å². The van der Waals surface area contributed by atoms with E-state index in [4.69, 9.17) is 0 Å². The molecule has 5 aromatic rings. The van der Waals surface area contributed by atoms with E-state index in [0.29, 0.717) is 24.0 Å². The summed E-state index contributed by atoms with van der Waals surface area (Å²) in [5, 5.41) is 8.29. The van der Waals surface area contributed by atoms with Crippen molar-refractivity contribution in [2.24, 2.45) is 0 Å². The third-order valence-electron chi connectivity index (χ3n) is 6.80. The zero-order valence-electron chi connectivity index (χ0n) is 19.4. The molecule has 7 nitrogen and oxygen atoms in total. The fourth-order valence-corrected chi connectivity index (χ4v) is 5.19. The molecule has 1 amide bonds. The van der Waals surface area contributed by atoms with E-state index in [9.17, 15) is 9.59 Å². The van der Waals surface area contributed by atoms with Gasteiger partial charge >= 0.3 is 0 Å². The Bertz CT molecular complexity index is 1620. The van der Waals surface area contributed by atoms with Crippen LogP contribution in [-0.4, -0.2) is 36.9 Å². The number of aromatic amines is 1. The van der Waals surface area contributed by atoms with Crippen molar-refractivity contribution >= 4 is 22.6 Å². The lowest BCUT2D eigenvalue weighted by molar-refractivity contribution is 0.0694. The zero-order valence-corrected chi connectivity index (χ0v) is 19.4. The summed E-state index contributed by atoms with van der Waals surface area (Å²) in [6.45, 7) is 2.68. The number of fused-ring (bicyclic) bond motifs is 4. The lowest BCUT2D eigenvalue weighted by Gasteiger charge is -2.38. The molecule has 0 spiro atoms. The van der Waals surface area contributed by atoms with Gasteiger partial charge in [0, 0.05) is 18.5 Å². The van der Waals surface area contributed by atoms with Gasteiger partial charge in [-0.1, -0.05) is 61.5 Å². The molecule has 3 heterocycles. The minimum absolute atomic E-state index is 0.0614. The Hall–Kier alpha value is -4.26. The van der Waals surface area contributed by atoms with E-state index in [1.54, 1.807) is 10.5 Å². The molecule has 0 saturated heterocycles. The van der Waals surface area contributed by atoms with E-state index in [-0.39, 0.29) is 23.2 Å². The summed E-state index contributed by atoms with van der Waals surface area (Å²) in [6, 6.07) is 23.8. The number of nitrogens with one attached hydrogen (secondary N) is 1. The fourth-order valence-electron chi connectivity index (χ4n) is 5.19. The second-order valence-corrected chi connectivity index (χ2v) is 8.97. The molecule has 1 atom stereocenters. The van der Waals surface area contributed by atoms with Crippen LogP contribution in [0.5, 0.6) is 0 Å². The highest BCUT2D eigenvalue weighted by Gasteiger charge is 2.32. The molecule has 1 aliphatic rings. The number of hydrogen-bond donors (Lipinski definition) is 1. The minimum Gasteiger partial charge on any atom is -0.327 e. The van der Waals surface area contributed by atoms with Gasteiger partial charge < -0.3 is 9.88 Å². The molecule has 0 radical (unpaired) electrons. The van der Waals surface area contributed by atoms with Crippen LogP contribution in [0.25, 0.3) is 16.7 Å². The summed E-state index contributed by atoms with van der Waals surface area (Å²) >= 11 is 0. The normalized spacial score (nSPS) is 15.5. The van der Waals surface area contributed by atoms with E-state index in [1.165, 1.54) is 5.56 Å². The molecule has 1 unspecified atom stereocenters. The lowest BCUT2D eigenvalue weighted by Crippen LogP contribution is -2.40. The van der Waals surface area contributed by atoms with Gasteiger partial charge in [0.05, 0.1) is 17.1 Å². The van der Waals surface area contributed by atoms with Gasteiger partial charge in [0.15, 0.2) is 0 Å². The molecule has 2 aromatic heterocycles. The van der Waals surface area contributed by atoms with E-state index < -0.39 is 0 Å². The highest BCUT2D eigenvalue weighted by Crippen LogP contribution is 2.36. The Morgan fingerprint density at radius 3 is 2.66 bits per heavy atom. The Kier molecular flexibility index (Phi) is 5.17. The largest absolute Gasteiger partial charge is 0.327 e. The number of benzene rings is 3. The molecule has 3 aromatic carbocycles. The van der Waals surface area contributed by atoms with E-state index >= 15 is 0 Å². The number of H-pyrrole nitrogens is 1. The van der Waals surface area contributed by atoms with Crippen LogP contribution in [0.15, 0.2) is 77.6 Å². The Balaban J connectivity index is 1.46. The Morgan fingerprint density at radius 2 is 1.83 bits per heavy atom. The molecule has 6 rings (SSSR count). The molecule has 35 heavy (non-hydrogen) atoms. The zero-order chi connectivity index (χ0) is 23.9. The van der Waals surface area contributed by atoms with Gasteiger partial charge in [-0.25, -0.2) is 0 Å². The number of amides is 1. The van der Waals surface area contributed by atoms with Gasteiger partial charge in [-0.05, 0) is 47.7 Å². The van der Waals surface area contributed by atoms with E-state index in [0.717, 1.165) is 35.3 Å². The van der Waals surface area contributed by atoms with Crippen molar-refractivity contribution in [1.82, 2.24) is 24.5 Å². The summed E-state index contributed by atoms with van der Waals surface area (Å²) in [7, 11) is 0. The summed E-state index contributed by atoms with van der Waals surface area (Å²) in [5.74, 6) is 0.684. The minimum atomic E-state index is -0.314. The summed E-state index contributed by atoms with van der Waals surface area (Å²) in [6.07, 6.45) is 2.41. The van der Waals surface area contributed by atoms with Gasteiger partial charge in [0.2, 0.25) is 5.65 Å². The van der Waals surface area contributed by atoms with Gasteiger partial charge in [0.1, 0.15) is 5.82 Å². The van der Waals surface area contributed by atoms with Crippen LogP contribution in [0.1, 0.15) is 52.3 Å². The van der Waals surface area contributed by atoms with Crippen LogP contribution < -0.4 is 5.56 Å². The molecule has 7 heteroatoms.